The lowest BCUT2D eigenvalue weighted by Crippen LogP contribution is -2.35. The van der Waals surface area contributed by atoms with Gasteiger partial charge in [-0.3, -0.25) is 9.58 Å². The molecular weight excluding hydrogens is 378 g/mol. The van der Waals surface area contributed by atoms with Crippen LogP contribution in [0.4, 0.5) is 0 Å². The Morgan fingerprint density at radius 2 is 1.83 bits per heavy atom. The molecule has 0 saturated heterocycles. The second kappa shape index (κ2) is 7.95. The zero-order valence-electron chi connectivity index (χ0n) is 17.9. The number of hydrogen-bond donors (Lipinski definition) is 3. The van der Waals surface area contributed by atoms with Crippen LogP contribution in [-0.4, -0.2) is 53.2 Å². The third-order valence-electron chi connectivity index (χ3n) is 6.27. The summed E-state index contributed by atoms with van der Waals surface area (Å²) in [6.45, 7) is 4.87. The van der Waals surface area contributed by atoms with E-state index in [-0.39, 0.29) is 25.9 Å². The molecule has 4 rings (SSSR count). The third-order valence-corrected chi connectivity index (χ3v) is 6.27. The van der Waals surface area contributed by atoms with Crippen LogP contribution in [0.2, 0.25) is 0 Å². The van der Waals surface area contributed by atoms with E-state index < -0.39 is 5.41 Å². The number of aromatic nitrogens is 1. The van der Waals surface area contributed by atoms with Crippen LogP contribution >= 0.6 is 0 Å². The second-order valence-electron chi connectivity index (χ2n) is 8.87. The Bertz CT molecular complexity index is 1040. The smallest absolute Gasteiger partial charge is 0.119 e. The number of nitrogens with two attached hydrogens (primary N) is 1. The summed E-state index contributed by atoms with van der Waals surface area (Å²) in [6.07, 6.45) is 0.981. The van der Waals surface area contributed by atoms with E-state index in [0.29, 0.717) is 0 Å². The number of aliphatic hydroxyl groups excluding tert-OH is 2. The minimum absolute atomic E-state index is 0.0701. The summed E-state index contributed by atoms with van der Waals surface area (Å²) in [7, 11) is 2.13. The van der Waals surface area contributed by atoms with Crippen LogP contribution in [0.15, 0.2) is 42.5 Å². The Morgan fingerprint density at radius 3 is 2.50 bits per heavy atom. The first-order valence-corrected chi connectivity index (χ1v) is 10.4. The molecule has 3 aromatic rings. The average molecular weight is 410 g/mol. The van der Waals surface area contributed by atoms with Crippen molar-refractivity contribution >= 4 is 10.9 Å². The minimum Gasteiger partial charge on any atom is -0.493 e. The highest BCUT2D eigenvalue weighted by atomic mass is 16.5. The van der Waals surface area contributed by atoms with Crippen LogP contribution in [0.1, 0.15) is 35.3 Å². The third kappa shape index (κ3) is 3.55. The fourth-order valence-electron chi connectivity index (χ4n) is 4.26. The van der Waals surface area contributed by atoms with Gasteiger partial charge in [0.15, 0.2) is 0 Å². The first kappa shape index (κ1) is 20.7. The molecular formula is C24H31N3O3. The fourth-order valence-corrected chi connectivity index (χ4v) is 4.26. The summed E-state index contributed by atoms with van der Waals surface area (Å²) in [5, 5.41) is 20.1. The molecule has 30 heavy (non-hydrogen) atoms. The Kier molecular flexibility index (Phi) is 5.49. The highest BCUT2D eigenvalue weighted by Gasteiger charge is 2.32. The van der Waals surface area contributed by atoms with E-state index in [1.165, 1.54) is 16.5 Å². The van der Waals surface area contributed by atoms with Crippen molar-refractivity contribution in [1.82, 2.24) is 9.58 Å². The lowest BCUT2D eigenvalue weighted by molar-refractivity contribution is 0.0287. The van der Waals surface area contributed by atoms with E-state index in [1.807, 2.05) is 16.8 Å². The van der Waals surface area contributed by atoms with Crippen molar-refractivity contribution in [2.45, 2.75) is 26.3 Å². The molecule has 0 bridgehead atoms. The molecule has 160 valence electrons. The summed E-state index contributed by atoms with van der Waals surface area (Å²) in [5.74, 6) is 7.29. The second-order valence-corrected chi connectivity index (χ2v) is 8.87. The zero-order valence-corrected chi connectivity index (χ0v) is 17.9. The van der Waals surface area contributed by atoms with Gasteiger partial charge in [-0.15, -0.1) is 0 Å². The summed E-state index contributed by atoms with van der Waals surface area (Å²) < 4.78 is 7.66. The summed E-state index contributed by atoms with van der Waals surface area (Å²) >= 11 is 0. The summed E-state index contributed by atoms with van der Waals surface area (Å²) in [5.41, 5.74) is 5.29. The van der Waals surface area contributed by atoms with Crippen LogP contribution in [0.3, 0.4) is 0 Å². The predicted molar refractivity (Wildman–Crippen MR) is 119 cm³/mol. The zero-order chi connectivity index (χ0) is 21.5. The average Bonchev–Trinajstić information content (AvgIpc) is 3.04. The van der Waals surface area contributed by atoms with Crippen molar-refractivity contribution in [1.29, 1.82) is 0 Å². The number of likely N-dealkylation sites (N-methyl/N-ethyl adjacent to an activating group) is 1. The van der Waals surface area contributed by atoms with Gasteiger partial charge >= 0.3 is 0 Å². The molecule has 1 aliphatic rings. The van der Waals surface area contributed by atoms with Gasteiger partial charge in [-0.05, 0) is 55.8 Å². The number of hydrogen-bond acceptors (Lipinski definition) is 5. The number of nitrogens with zero attached hydrogens (tertiary/aromatic N) is 2. The first-order valence-electron chi connectivity index (χ1n) is 10.4. The number of nitrogen functional groups attached to an aromatic ring is 1. The number of ether oxygens (including phenoxy) is 1. The summed E-state index contributed by atoms with van der Waals surface area (Å²) in [6, 6.07) is 14.6. The molecule has 1 aliphatic heterocycles. The van der Waals surface area contributed by atoms with Gasteiger partial charge in [0.2, 0.25) is 0 Å². The molecule has 6 nitrogen and oxygen atoms in total. The Hall–Kier alpha value is -2.54. The molecule has 1 atom stereocenters. The molecule has 0 amide bonds. The molecule has 2 aromatic carbocycles. The summed E-state index contributed by atoms with van der Waals surface area (Å²) in [4.78, 5) is 2.34. The maximum Gasteiger partial charge on any atom is 0.119 e. The lowest BCUT2D eigenvalue weighted by Gasteiger charge is -2.34. The normalized spacial score (nSPS) is 17.3. The van der Waals surface area contributed by atoms with Crippen LogP contribution in [0.25, 0.3) is 10.9 Å². The van der Waals surface area contributed by atoms with Crippen molar-refractivity contribution in [3.63, 3.8) is 0 Å². The molecule has 4 N–H and O–H groups in total. The molecule has 1 unspecified atom stereocenters. The van der Waals surface area contributed by atoms with Crippen molar-refractivity contribution in [3.8, 4) is 5.75 Å². The van der Waals surface area contributed by atoms with Crippen LogP contribution < -0.4 is 10.6 Å². The molecule has 1 aromatic heterocycles. The highest BCUT2D eigenvalue weighted by Crippen LogP contribution is 2.39. The Balaban J connectivity index is 1.66. The Morgan fingerprint density at radius 1 is 1.13 bits per heavy atom. The van der Waals surface area contributed by atoms with Gasteiger partial charge in [0, 0.05) is 17.3 Å². The number of benzene rings is 2. The van der Waals surface area contributed by atoms with Gasteiger partial charge in [0.05, 0.1) is 37.1 Å². The number of rotatable bonds is 6. The van der Waals surface area contributed by atoms with Crippen molar-refractivity contribution < 1.29 is 14.9 Å². The van der Waals surface area contributed by atoms with Gasteiger partial charge in [0.25, 0.3) is 0 Å². The van der Waals surface area contributed by atoms with Gasteiger partial charge in [-0.1, -0.05) is 30.7 Å². The Labute approximate surface area is 177 Å². The van der Waals surface area contributed by atoms with E-state index in [4.69, 9.17) is 10.6 Å². The quantitative estimate of drug-likeness (QED) is 0.545. The van der Waals surface area contributed by atoms with Crippen molar-refractivity contribution in [2.24, 2.45) is 5.41 Å². The monoisotopic (exact) mass is 409 g/mol. The van der Waals surface area contributed by atoms with Crippen LogP contribution in [0, 0.1) is 12.3 Å². The number of fused-ring (bicyclic) bond motifs is 3. The van der Waals surface area contributed by atoms with Crippen molar-refractivity contribution in [2.75, 3.05) is 39.3 Å². The number of aryl methyl sites for hydroxylation is 1. The van der Waals surface area contributed by atoms with Crippen LogP contribution in [-0.2, 0) is 6.42 Å². The fraction of sp³-hybridized carbons (Fsp3) is 0.417. The van der Waals surface area contributed by atoms with Gasteiger partial charge < -0.3 is 20.8 Å². The molecule has 0 saturated carbocycles. The van der Waals surface area contributed by atoms with E-state index in [2.05, 4.69) is 49.2 Å². The first-order chi connectivity index (χ1) is 14.4. The molecule has 0 aliphatic carbocycles. The van der Waals surface area contributed by atoms with Crippen molar-refractivity contribution in [3.05, 3.63) is 64.8 Å². The molecule has 0 fully saturated rings. The lowest BCUT2D eigenvalue weighted by atomic mass is 9.92. The minimum atomic E-state index is -0.657. The maximum absolute atomic E-state index is 9.44. The van der Waals surface area contributed by atoms with E-state index in [9.17, 15) is 10.2 Å². The molecule has 2 heterocycles. The van der Waals surface area contributed by atoms with E-state index in [0.717, 1.165) is 35.5 Å². The predicted octanol–water partition coefficient (Wildman–Crippen LogP) is 2.61. The number of aliphatic hydroxyl groups is 2. The highest BCUT2D eigenvalue weighted by molar-refractivity contribution is 5.87. The SMILES string of the molecule is Cc1ccc2c(c1)c1c(n2N)C(c2ccc(OCC(C)(CO)CO)cc2)N(C)CC1. The van der Waals surface area contributed by atoms with Crippen LogP contribution in [0.5, 0.6) is 5.75 Å². The maximum atomic E-state index is 9.44. The van der Waals surface area contributed by atoms with E-state index in [1.54, 1.807) is 6.92 Å². The van der Waals surface area contributed by atoms with Gasteiger partial charge in [-0.25, -0.2) is 0 Å². The molecule has 0 spiro atoms. The van der Waals surface area contributed by atoms with E-state index >= 15 is 0 Å². The topological polar surface area (TPSA) is 83.9 Å². The standard InChI is InChI=1S/C24H31N3O3/c1-16-4-9-21-20(12-16)19-10-11-26(3)22(23(19)27(21)25)17-5-7-18(8-6-17)30-15-24(2,13-28)14-29/h4-9,12,22,28-29H,10-11,13-15,25H2,1-3H3. The molecule has 6 heteroatoms. The van der Waals surface area contributed by atoms with Gasteiger partial charge in [-0.2, -0.15) is 0 Å². The largest absolute Gasteiger partial charge is 0.493 e. The molecule has 0 radical (unpaired) electrons. The van der Waals surface area contributed by atoms with Gasteiger partial charge in [0.1, 0.15) is 5.75 Å².